The summed E-state index contributed by atoms with van der Waals surface area (Å²) in [5.74, 6) is 0. The number of rotatable bonds is 5. The fraction of sp³-hybridized carbons (Fsp3) is 0. The van der Waals surface area contributed by atoms with Gasteiger partial charge in [0.1, 0.15) is 0 Å². The van der Waals surface area contributed by atoms with Crippen LogP contribution in [0.3, 0.4) is 0 Å². The molecule has 296 valence electrons. The summed E-state index contributed by atoms with van der Waals surface area (Å²) in [6.45, 7) is 6.84. The second-order valence-electron chi connectivity index (χ2n) is 15.4. The Labute approximate surface area is 374 Å². The lowest BCUT2D eigenvalue weighted by atomic mass is 9.93. The Hall–Kier alpha value is -8.22. The largest absolute Gasteiger partial charge is 0.356 e. The van der Waals surface area contributed by atoms with Gasteiger partial charge in [0, 0.05) is 32.9 Å². The Bertz CT molecular complexity index is 3480. The van der Waals surface area contributed by atoms with Crippen molar-refractivity contribution in [1.29, 1.82) is 5.26 Å². The van der Waals surface area contributed by atoms with Gasteiger partial charge in [0.2, 0.25) is 0 Å². The van der Waals surface area contributed by atoms with E-state index in [2.05, 4.69) is 171 Å². The molecule has 63 heavy (non-hydrogen) atoms. The number of benzene rings is 12. The van der Waals surface area contributed by atoms with Gasteiger partial charge in [-0.1, -0.05) is 149 Å². The van der Waals surface area contributed by atoms with Crippen LogP contribution in [0.25, 0.3) is 69.5 Å². The lowest BCUT2D eigenvalue weighted by Crippen LogP contribution is -2.10. The first kappa shape index (κ1) is 38.9. The van der Waals surface area contributed by atoms with Crippen molar-refractivity contribution in [3.8, 4) is 6.07 Å². The van der Waals surface area contributed by atoms with E-state index < -0.39 is 0 Å². The number of nitrogens with zero attached hydrogens (tertiary/aromatic N) is 3. The van der Waals surface area contributed by atoms with Crippen molar-refractivity contribution in [2.45, 2.75) is 0 Å². The molecule has 0 unspecified atom stereocenters. The molecule has 0 amide bonds. The first-order valence-corrected chi connectivity index (χ1v) is 21.5. The Balaban J connectivity index is 0.000000124. The van der Waals surface area contributed by atoms with Crippen molar-refractivity contribution in [3.63, 3.8) is 0 Å². The molecule has 0 bridgehead atoms. The monoisotopic (exact) mass is 868 g/mol. The molecule has 1 N–H and O–H groups in total. The van der Waals surface area contributed by atoms with Gasteiger partial charge in [-0.15, -0.1) is 0 Å². The van der Waals surface area contributed by atoms with Gasteiger partial charge in [-0.2, -0.15) is 5.26 Å². The summed E-state index contributed by atoms with van der Waals surface area (Å²) in [6, 6.07) is 77.2. The van der Waals surface area contributed by atoms with Gasteiger partial charge in [-0.05, 0) is 150 Å². The van der Waals surface area contributed by atoms with Crippen LogP contribution in [0.1, 0.15) is 5.56 Å². The van der Waals surface area contributed by atoms with Crippen LogP contribution in [0.4, 0.5) is 34.1 Å². The smallest absolute Gasteiger partial charge is 0.187 e. The molecule has 0 aliphatic carbocycles. The molecule has 0 aliphatic heterocycles. The quantitative estimate of drug-likeness (QED) is 0.138. The lowest BCUT2D eigenvalue weighted by Gasteiger charge is -2.26. The summed E-state index contributed by atoms with van der Waals surface area (Å²) >= 11 is 3.57. The van der Waals surface area contributed by atoms with Crippen molar-refractivity contribution in [2.75, 3.05) is 10.2 Å². The molecule has 0 atom stereocenters. The van der Waals surface area contributed by atoms with Crippen LogP contribution < -0.4 is 10.2 Å². The fourth-order valence-corrected chi connectivity index (χ4v) is 9.09. The highest BCUT2D eigenvalue weighted by Crippen LogP contribution is 2.41. The topological polar surface area (TPSA) is 43.4 Å². The van der Waals surface area contributed by atoms with Crippen molar-refractivity contribution in [1.82, 2.24) is 0 Å². The van der Waals surface area contributed by atoms with Gasteiger partial charge >= 0.3 is 0 Å². The normalized spacial score (nSPS) is 10.9. The fourth-order valence-electron chi connectivity index (χ4n) is 8.60. The van der Waals surface area contributed by atoms with E-state index >= 15 is 0 Å². The van der Waals surface area contributed by atoms with Crippen molar-refractivity contribution >= 4 is 115 Å². The number of hydrogen-bond donors (Lipinski definition) is 1. The molecule has 0 heterocycles. The molecule has 12 aromatic rings. The van der Waals surface area contributed by atoms with Crippen molar-refractivity contribution < 1.29 is 0 Å². The number of nitriles is 1. The van der Waals surface area contributed by atoms with Crippen LogP contribution in [0.15, 0.2) is 223 Å². The Morgan fingerprint density at radius 2 is 0.825 bits per heavy atom. The molecule has 0 radical (unpaired) electrons. The molecule has 12 aromatic carbocycles. The summed E-state index contributed by atoms with van der Waals surface area (Å²) in [4.78, 5) is 5.59. The maximum Gasteiger partial charge on any atom is 0.187 e. The minimum atomic E-state index is 0.660. The minimum absolute atomic E-state index is 0.660. The maximum absolute atomic E-state index is 9.21. The summed E-state index contributed by atoms with van der Waals surface area (Å²) in [5, 5.41) is 28.1. The molecule has 0 aromatic heterocycles. The van der Waals surface area contributed by atoms with E-state index in [9.17, 15) is 5.26 Å². The third-order valence-corrected chi connectivity index (χ3v) is 11.9. The van der Waals surface area contributed by atoms with Crippen molar-refractivity contribution in [3.05, 3.63) is 240 Å². The molecule has 0 fully saturated rings. The van der Waals surface area contributed by atoms with E-state index in [0.717, 1.165) is 32.9 Å². The first-order chi connectivity index (χ1) is 31.0. The molecular weight excluding hydrogens is 833 g/mol. The van der Waals surface area contributed by atoms with Crippen LogP contribution in [0, 0.1) is 17.9 Å². The van der Waals surface area contributed by atoms with Gasteiger partial charge in [-0.3, -0.25) is 0 Å². The highest BCUT2D eigenvalue weighted by atomic mass is 79.9. The summed E-state index contributed by atoms with van der Waals surface area (Å²) in [5.41, 5.74) is 6.57. The molecule has 4 nitrogen and oxygen atoms in total. The standard InChI is InChI=1S/C29H18N2.C16H9Br.C13H10N2/c30-19-20-9-15-26(16-10-20)31(25-7-2-1-3-8-25)27-17-23-13-11-21-5-4-6-22-12-14-24(18-27)29(23)28(21)22;17-14-8-12-6-4-10-2-1-3-11-5-7-13(9-14)16(12)15(10)11;1-14-11-7-9-13(10-8-11)15-12-5-3-2-4-6-12/h1-18H;1-9H;2-10,15H. The average Bonchev–Trinajstić information content (AvgIpc) is 3.34. The minimum Gasteiger partial charge on any atom is -0.356 e. The van der Waals surface area contributed by atoms with Crippen LogP contribution in [-0.4, -0.2) is 0 Å². The Kier molecular flexibility index (Phi) is 10.5. The highest BCUT2D eigenvalue weighted by molar-refractivity contribution is 9.10. The summed E-state index contributed by atoms with van der Waals surface area (Å²) < 4.78 is 1.14. The number of anilines is 5. The second-order valence-corrected chi connectivity index (χ2v) is 16.3. The average molecular weight is 870 g/mol. The number of para-hydroxylation sites is 2. The molecule has 0 saturated heterocycles. The van der Waals surface area contributed by atoms with E-state index in [1.807, 2.05) is 72.8 Å². The molecular formula is C58H37BrN4. The lowest BCUT2D eigenvalue weighted by molar-refractivity contribution is 1.29. The molecule has 0 saturated carbocycles. The highest BCUT2D eigenvalue weighted by Gasteiger charge is 2.16. The second kappa shape index (κ2) is 17.0. The van der Waals surface area contributed by atoms with E-state index in [1.165, 1.54) is 64.6 Å². The summed E-state index contributed by atoms with van der Waals surface area (Å²) in [6.07, 6.45) is 0. The zero-order valence-corrected chi connectivity index (χ0v) is 35.6. The van der Waals surface area contributed by atoms with Crippen LogP contribution in [0.5, 0.6) is 0 Å². The third kappa shape index (κ3) is 7.82. The van der Waals surface area contributed by atoms with Gasteiger partial charge in [-0.25, -0.2) is 4.85 Å². The van der Waals surface area contributed by atoms with Gasteiger partial charge < -0.3 is 10.2 Å². The van der Waals surface area contributed by atoms with Crippen molar-refractivity contribution in [2.24, 2.45) is 0 Å². The van der Waals surface area contributed by atoms with Gasteiger partial charge in [0.05, 0.1) is 18.2 Å². The van der Waals surface area contributed by atoms with E-state index in [4.69, 9.17) is 6.57 Å². The molecule has 0 spiro atoms. The zero-order chi connectivity index (χ0) is 42.7. The van der Waals surface area contributed by atoms with Crippen LogP contribution >= 0.6 is 15.9 Å². The number of hydrogen-bond acceptors (Lipinski definition) is 3. The molecule has 0 aliphatic rings. The van der Waals surface area contributed by atoms with Crippen LogP contribution in [0.2, 0.25) is 0 Å². The molecule has 12 rings (SSSR count). The van der Waals surface area contributed by atoms with Gasteiger partial charge in [0.25, 0.3) is 0 Å². The predicted molar refractivity (Wildman–Crippen MR) is 270 cm³/mol. The maximum atomic E-state index is 9.21. The zero-order valence-electron chi connectivity index (χ0n) is 34.0. The predicted octanol–water partition coefficient (Wildman–Crippen LogP) is 17.3. The van der Waals surface area contributed by atoms with E-state index in [0.29, 0.717) is 11.3 Å². The summed E-state index contributed by atoms with van der Waals surface area (Å²) in [7, 11) is 0. The van der Waals surface area contributed by atoms with E-state index in [-0.39, 0.29) is 0 Å². The Morgan fingerprint density at radius 3 is 1.30 bits per heavy atom. The van der Waals surface area contributed by atoms with E-state index in [1.54, 1.807) is 12.1 Å². The van der Waals surface area contributed by atoms with Crippen LogP contribution in [-0.2, 0) is 0 Å². The first-order valence-electron chi connectivity index (χ1n) is 20.7. The number of nitrogens with one attached hydrogen (secondary N) is 1. The number of halogens is 1. The third-order valence-electron chi connectivity index (χ3n) is 11.5. The Morgan fingerprint density at radius 1 is 0.413 bits per heavy atom. The SMILES string of the molecule is Brc1cc2ccc3cccc4ccc(c1)c2c34.N#Cc1ccc(N(c2ccccc2)c2cc3ccc4cccc5ccc(c2)c3c45)cc1.[C-]#[N+]c1ccc(Nc2ccccc2)cc1. The van der Waals surface area contributed by atoms with Gasteiger partial charge in [0.15, 0.2) is 5.69 Å². The molecule has 5 heteroatoms.